The van der Waals surface area contributed by atoms with Crippen molar-refractivity contribution >= 4 is 11.9 Å². The molecule has 0 amide bonds. The number of esters is 2. The fourth-order valence-corrected chi connectivity index (χ4v) is 2.46. The van der Waals surface area contributed by atoms with E-state index >= 15 is 0 Å². The van der Waals surface area contributed by atoms with Gasteiger partial charge in [-0.25, -0.2) is 4.79 Å². The molecule has 128 valence electrons. The summed E-state index contributed by atoms with van der Waals surface area (Å²) in [5, 5.41) is 0. The van der Waals surface area contributed by atoms with Crippen LogP contribution in [-0.4, -0.2) is 25.2 Å². The highest BCUT2D eigenvalue weighted by Crippen LogP contribution is 2.32. The normalized spacial score (nSPS) is 17.0. The van der Waals surface area contributed by atoms with Crippen molar-refractivity contribution in [3.63, 3.8) is 0 Å². The van der Waals surface area contributed by atoms with Crippen LogP contribution < -0.4 is 0 Å². The van der Waals surface area contributed by atoms with Crippen LogP contribution in [0, 0.1) is 0 Å². The van der Waals surface area contributed by atoms with Crippen molar-refractivity contribution in [3.8, 4) is 0 Å². The van der Waals surface area contributed by atoms with Gasteiger partial charge in [0.15, 0.2) is 0 Å². The highest BCUT2D eigenvalue weighted by Gasteiger charge is 2.29. The Hall–Kier alpha value is -2.56. The van der Waals surface area contributed by atoms with Gasteiger partial charge in [-0.3, -0.25) is 4.79 Å². The van der Waals surface area contributed by atoms with Gasteiger partial charge < -0.3 is 14.2 Å². The first kappa shape index (κ1) is 17.8. The molecule has 5 nitrogen and oxygen atoms in total. The van der Waals surface area contributed by atoms with Gasteiger partial charge in [-0.2, -0.15) is 0 Å². The Morgan fingerprint density at radius 2 is 1.92 bits per heavy atom. The SMILES string of the molecule is COC(=O)[C@H](C1=CCC/C(=C\C(=O)OC(C)C)O1)c1ccccc1. The van der Waals surface area contributed by atoms with Crippen molar-refractivity contribution in [1.29, 1.82) is 0 Å². The minimum atomic E-state index is -0.652. The molecule has 0 saturated heterocycles. The zero-order valence-electron chi connectivity index (χ0n) is 14.2. The van der Waals surface area contributed by atoms with Crippen LogP contribution in [0.15, 0.2) is 54.0 Å². The molecule has 1 aliphatic heterocycles. The van der Waals surface area contributed by atoms with Crippen molar-refractivity contribution in [2.45, 2.75) is 38.7 Å². The van der Waals surface area contributed by atoms with E-state index in [0.29, 0.717) is 24.4 Å². The number of benzene rings is 1. The van der Waals surface area contributed by atoms with E-state index in [2.05, 4.69) is 0 Å². The summed E-state index contributed by atoms with van der Waals surface area (Å²) in [5.74, 6) is -0.541. The molecule has 1 aliphatic rings. The lowest BCUT2D eigenvalue weighted by atomic mass is 9.95. The standard InChI is InChI=1S/C19H22O5/c1-13(2)23-17(20)12-15-10-7-11-16(24-15)18(19(21)22-3)14-8-5-4-6-9-14/h4-6,8-9,11-13,18H,7,10H2,1-3H3/b15-12+/t18-/m0/s1. The average molecular weight is 330 g/mol. The molecule has 2 rings (SSSR count). The second kappa shape index (κ2) is 8.34. The summed E-state index contributed by atoms with van der Waals surface area (Å²) in [6.07, 6.45) is 4.27. The first-order chi connectivity index (χ1) is 11.5. The number of hydrogen-bond acceptors (Lipinski definition) is 5. The Balaban J connectivity index is 2.22. The molecule has 24 heavy (non-hydrogen) atoms. The highest BCUT2D eigenvalue weighted by atomic mass is 16.5. The third-order valence-corrected chi connectivity index (χ3v) is 3.47. The van der Waals surface area contributed by atoms with E-state index in [0.717, 1.165) is 5.56 Å². The Morgan fingerprint density at radius 3 is 2.54 bits per heavy atom. The molecule has 0 aliphatic carbocycles. The predicted molar refractivity (Wildman–Crippen MR) is 88.9 cm³/mol. The second-order valence-electron chi connectivity index (χ2n) is 5.71. The first-order valence-electron chi connectivity index (χ1n) is 7.93. The van der Waals surface area contributed by atoms with Crippen LogP contribution in [0.1, 0.15) is 38.2 Å². The van der Waals surface area contributed by atoms with Gasteiger partial charge in [0.05, 0.1) is 19.3 Å². The highest BCUT2D eigenvalue weighted by molar-refractivity contribution is 5.83. The Bertz CT molecular complexity index is 643. The van der Waals surface area contributed by atoms with Gasteiger partial charge in [-0.1, -0.05) is 30.3 Å². The van der Waals surface area contributed by atoms with Crippen molar-refractivity contribution in [3.05, 3.63) is 59.6 Å². The molecule has 0 aromatic heterocycles. The van der Waals surface area contributed by atoms with Crippen LogP contribution in [0.25, 0.3) is 0 Å². The maximum atomic E-state index is 12.2. The Kier molecular flexibility index (Phi) is 6.18. The molecular weight excluding hydrogens is 308 g/mol. The molecule has 1 aromatic rings. The second-order valence-corrected chi connectivity index (χ2v) is 5.71. The summed E-state index contributed by atoms with van der Waals surface area (Å²) in [6, 6.07) is 9.27. The number of methoxy groups -OCH3 is 1. The molecule has 5 heteroatoms. The summed E-state index contributed by atoms with van der Waals surface area (Å²) >= 11 is 0. The molecule has 0 N–H and O–H groups in total. The zero-order valence-corrected chi connectivity index (χ0v) is 14.2. The lowest BCUT2D eigenvalue weighted by molar-refractivity contribution is -0.142. The van der Waals surface area contributed by atoms with E-state index in [-0.39, 0.29) is 6.10 Å². The molecule has 1 heterocycles. The van der Waals surface area contributed by atoms with Crippen LogP contribution in [0.2, 0.25) is 0 Å². The lowest BCUT2D eigenvalue weighted by Gasteiger charge is -2.23. The van der Waals surface area contributed by atoms with Crippen LogP contribution in [-0.2, 0) is 23.8 Å². The summed E-state index contributed by atoms with van der Waals surface area (Å²) in [5.41, 5.74) is 0.779. The van der Waals surface area contributed by atoms with E-state index in [1.807, 2.05) is 36.4 Å². The summed E-state index contributed by atoms with van der Waals surface area (Å²) in [4.78, 5) is 24.0. The zero-order chi connectivity index (χ0) is 17.5. The average Bonchev–Trinajstić information content (AvgIpc) is 2.55. The number of allylic oxidation sites excluding steroid dienone is 2. The third-order valence-electron chi connectivity index (χ3n) is 3.47. The maximum absolute atomic E-state index is 12.2. The number of rotatable bonds is 5. The van der Waals surface area contributed by atoms with Gasteiger partial charge in [0, 0.05) is 6.42 Å². The van der Waals surface area contributed by atoms with Crippen molar-refractivity contribution in [2.24, 2.45) is 0 Å². The van der Waals surface area contributed by atoms with Gasteiger partial charge >= 0.3 is 11.9 Å². The minimum Gasteiger partial charge on any atom is -0.468 e. The number of ether oxygens (including phenoxy) is 3. The van der Waals surface area contributed by atoms with Crippen LogP contribution >= 0.6 is 0 Å². The summed E-state index contributed by atoms with van der Waals surface area (Å²) < 4.78 is 15.8. The maximum Gasteiger partial charge on any atom is 0.334 e. The fraction of sp³-hybridized carbons (Fsp3) is 0.368. The Labute approximate surface area is 141 Å². The molecule has 0 unspecified atom stereocenters. The van der Waals surface area contributed by atoms with Gasteiger partial charge in [-0.15, -0.1) is 0 Å². The van der Waals surface area contributed by atoms with Crippen molar-refractivity contribution in [2.75, 3.05) is 7.11 Å². The van der Waals surface area contributed by atoms with Gasteiger partial charge in [0.2, 0.25) is 0 Å². The molecule has 0 bridgehead atoms. The number of hydrogen-bond donors (Lipinski definition) is 0. The van der Waals surface area contributed by atoms with E-state index < -0.39 is 17.9 Å². The molecule has 0 saturated carbocycles. The smallest absolute Gasteiger partial charge is 0.334 e. The van der Waals surface area contributed by atoms with Gasteiger partial charge in [0.25, 0.3) is 0 Å². The van der Waals surface area contributed by atoms with Gasteiger partial charge in [0.1, 0.15) is 17.4 Å². The van der Waals surface area contributed by atoms with Crippen LogP contribution in [0.4, 0.5) is 0 Å². The summed E-state index contributed by atoms with van der Waals surface area (Å²) in [6.45, 7) is 3.57. The molecule has 1 atom stereocenters. The minimum absolute atomic E-state index is 0.194. The summed E-state index contributed by atoms with van der Waals surface area (Å²) in [7, 11) is 1.35. The first-order valence-corrected chi connectivity index (χ1v) is 7.93. The fourth-order valence-electron chi connectivity index (χ4n) is 2.46. The molecule has 0 fully saturated rings. The lowest BCUT2D eigenvalue weighted by Crippen LogP contribution is -2.20. The van der Waals surface area contributed by atoms with E-state index in [9.17, 15) is 9.59 Å². The number of carbonyl (C=O) groups excluding carboxylic acids is 2. The third kappa shape index (κ3) is 4.72. The van der Waals surface area contributed by atoms with E-state index in [4.69, 9.17) is 14.2 Å². The van der Waals surface area contributed by atoms with Crippen molar-refractivity contribution < 1.29 is 23.8 Å². The molecule has 1 aromatic carbocycles. The quantitative estimate of drug-likeness (QED) is 0.611. The Morgan fingerprint density at radius 1 is 1.21 bits per heavy atom. The van der Waals surface area contributed by atoms with Crippen LogP contribution in [0.3, 0.4) is 0 Å². The van der Waals surface area contributed by atoms with Crippen LogP contribution in [0.5, 0.6) is 0 Å². The monoisotopic (exact) mass is 330 g/mol. The molecular formula is C19H22O5. The largest absolute Gasteiger partial charge is 0.468 e. The van der Waals surface area contributed by atoms with Crippen molar-refractivity contribution in [1.82, 2.24) is 0 Å². The topological polar surface area (TPSA) is 61.8 Å². The van der Waals surface area contributed by atoms with E-state index in [1.165, 1.54) is 13.2 Å². The number of carbonyl (C=O) groups is 2. The molecule has 0 radical (unpaired) electrons. The van der Waals surface area contributed by atoms with Gasteiger partial charge in [-0.05, 0) is 31.9 Å². The van der Waals surface area contributed by atoms with E-state index in [1.54, 1.807) is 13.8 Å². The predicted octanol–water partition coefficient (Wildman–Crippen LogP) is 3.47. The molecule has 0 spiro atoms.